The van der Waals surface area contributed by atoms with Gasteiger partial charge in [-0.3, -0.25) is 4.98 Å². The third kappa shape index (κ3) is 2.94. The lowest BCUT2D eigenvalue weighted by atomic mass is 10.1. The molecule has 4 rings (SSSR count). The van der Waals surface area contributed by atoms with Gasteiger partial charge in [-0.1, -0.05) is 30.3 Å². The summed E-state index contributed by atoms with van der Waals surface area (Å²) in [6.45, 7) is 0.530. The number of pyridine rings is 1. The zero-order chi connectivity index (χ0) is 16.2. The number of rotatable bonds is 4. The minimum atomic E-state index is 0.530. The van der Waals surface area contributed by atoms with E-state index in [1.807, 2.05) is 60.7 Å². The van der Waals surface area contributed by atoms with Gasteiger partial charge in [0, 0.05) is 23.3 Å². The molecule has 0 aliphatic heterocycles. The molecular formula is C20H15N3O. The van der Waals surface area contributed by atoms with Gasteiger partial charge in [0.05, 0.1) is 11.2 Å². The van der Waals surface area contributed by atoms with E-state index in [-0.39, 0.29) is 0 Å². The minimum Gasteiger partial charge on any atom is -0.489 e. The molecule has 0 spiro atoms. The Balaban J connectivity index is 1.69. The summed E-state index contributed by atoms with van der Waals surface area (Å²) < 4.78 is 5.92. The average molecular weight is 313 g/mol. The first-order valence-corrected chi connectivity index (χ1v) is 7.72. The fraction of sp³-hybridized carbons (Fsp3) is 0.0500. The summed E-state index contributed by atoms with van der Waals surface area (Å²) in [4.78, 5) is 12.9. The Morgan fingerprint density at radius 1 is 0.875 bits per heavy atom. The predicted octanol–water partition coefficient (Wildman–Crippen LogP) is 4.27. The van der Waals surface area contributed by atoms with Crippen LogP contribution in [-0.4, -0.2) is 15.0 Å². The quantitative estimate of drug-likeness (QED) is 0.564. The van der Waals surface area contributed by atoms with Crippen LogP contribution in [0.1, 0.15) is 5.56 Å². The first kappa shape index (κ1) is 14.3. The fourth-order valence-corrected chi connectivity index (χ4v) is 2.60. The number of benzene rings is 2. The molecule has 0 saturated heterocycles. The average Bonchev–Trinajstić information content (AvgIpc) is 2.67. The molecule has 0 aliphatic rings. The Hall–Kier alpha value is -3.27. The van der Waals surface area contributed by atoms with Gasteiger partial charge < -0.3 is 4.74 Å². The Bertz CT molecular complexity index is 956. The summed E-state index contributed by atoms with van der Waals surface area (Å²) in [7, 11) is 0. The van der Waals surface area contributed by atoms with Crippen molar-refractivity contribution in [3.8, 4) is 17.0 Å². The van der Waals surface area contributed by atoms with E-state index >= 15 is 0 Å². The van der Waals surface area contributed by atoms with Gasteiger partial charge >= 0.3 is 0 Å². The van der Waals surface area contributed by atoms with Crippen LogP contribution in [-0.2, 0) is 6.61 Å². The molecule has 2 aromatic carbocycles. The molecular weight excluding hydrogens is 298 g/mol. The zero-order valence-corrected chi connectivity index (χ0v) is 13.0. The lowest BCUT2D eigenvalue weighted by molar-refractivity contribution is 0.306. The molecule has 0 saturated carbocycles. The molecule has 0 atom stereocenters. The summed E-state index contributed by atoms with van der Waals surface area (Å²) in [6, 6.07) is 19.9. The number of fused-ring (bicyclic) bond motifs is 1. The van der Waals surface area contributed by atoms with Crippen molar-refractivity contribution in [1.82, 2.24) is 15.0 Å². The highest BCUT2D eigenvalue weighted by molar-refractivity contribution is 5.92. The Labute approximate surface area is 139 Å². The van der Waals surface area contributed by atoms with Crippen molar-refractivity contribution in [2.45, 2.75) is 6.61 Å². The summed E-state index contributed by atoms with van der Waals surface area (Å²) in [5.74, 6) is 0.797. The summed E-state index contributed by atoms with van der Waals surface area (Å²) in [6.07, 6.45) is 5.13. The van der Waals surface area contributed by atoms with Crippen molar-refractivity contribution in [1.29, 1.82) is 0 Å². The van der Waals surface area contributed by atoms with Crippen LogP contribution in [0.2, 0.25) is 0 Å². The summed E-state index contributed by atoms with van der Waals surface area (Å²) in [5.41, 5.74) is 3.84. The molecule has 0 amide bonds. The molecule has 4 nitrogen and oxygen atoms in total. The van der Waals surface area contributed by atoms with Crippen LogP contribution in [0.25, 0.3) is 22.2 Å². The molecule has 0 bridgehead atoms. The van der Waals surface area contributed by atoms with E-state index in [2.05, 4.69) is 15.0 Å². The Morgan fingerprint density at radius 2 is 1.79 bits per heavy atom. The van der Waals surface area contributed by atoms with Gasteiger partial charge in [-0.25, -0.2) is 9.97 Å². The molecule has 0 N–H and O–H groups in total. The lowest BCUT2D eigenvalue weighted by Gasteiger charge is -2.09. The SMILES string of the molecule is c1ccc(COc2ccc3ncnc(-c4cccnc4)c3c2)cc1. The topological polar surface area (TPSA) is 47.9 Å². The van der Waals surface area contributed by atoms with Crippen molar-refractivity contribution >= 4 is 10.9 Å². The molecule has 4 heteroatoms. The highest BCUT2D eigenvalue weighted by atomic mass is 16.5. The monoisotopic (exact) mass is 313 g/mol. The number of aromatic nitrogens is 3. The zero-order valence-electron chi connectivity index (χ0n) is 13.0. The van der Waals surface area contributed by atoms with Gasteiger partial charge in [0.2, 0.25) is 0 Å². The van der Waals surface area contributed by atoms with Gasteiger partial charge in [-0.2, -0.15) is 0 Å². The normalized spacial score (nSPS) is 10.7. The van der Waals surface area contributed by atoms with E-state index < -0.39 is 0 Å². The van der Waals surface area contributed by atoms with Crippen LogP contribution in [0.4, 0.5) is 0 Å². The molecule has 116 valence electrons. The van der Waals surface area contributed by atoms with Crippen molar-refractivity contribution < 1.29 is 4.74 Å². The number of ether oxygens (including phenoxy) is 1. The second kappa shape index (κ2) is 6.46. The maximum absolute atomic E-state index is 5.92. The van der Waals surface area contributed by atoms with Crippen LogP contribution in [0.3, 0.4) is 0 Å². The first-order chi connectivity index (χ1) is 11.9. The van der Waals surface area contributed by atoms with E-state index in [9.17, 15) is 0 Å². The molecule has 0 unspecified atom stereocenters. The van der Waals surface area contributed by atoms with Crippen molar-refractivity contribution in [3.05, 3.63) is 84.9 Å². The fourth-order valence-electron chi connectivity index (χ4n) is 2.60. The van der Waals surface area contributed by atoms with Crippen LogP contribution in [0.5, 0.6) is 5.75 Å². The summed E-state index contributed by atoms with van der Waals surface area (Å²) in [5, 5.41) is 0.955. The van der Waals surface area contributed by atoms with Gasteiger partial charge in [-0.05, 0) is 35.9 Å². The first-order valence-electron chi connectivity index (χ1n) is 7.72. The van der Waals surface area contributed by atoms with Crippen molar-refractivity contribution in [2.24, 2.45) is 0 Å². The second-order valence-electron chi connectivity index (χ2n) is 5.42. The number of nitrogens with zero attached hydrogens (tertiary/aromatic N) is 3. The van der Waals surface area contributed by atoms with E-state index in [1.54, 1.807) is 18.7 Å². The largest absolute Gasteiger partial charge is 0.489 e. The number of hydrogen-bond donors (Lipinski definition) is 0. The molecule has 4 aromatic rings. The third-order valence-corrected chi connectivity index (χ3v) is 3.79. The Kier molecular flexibility index (Phi) is 3.86. The van der Waals surface area contributed by atoms with E-state index in [1.165, 1.54) is 0 Å². The molecule has 0 aliphatic carbocycles. The maximum atomic E-state index is 5.92. The Morgan fingerprint density at radius 3 is 2.62 bits per heavy atom. The van der Waals surface area contributed by atoms with Crippen LogP contribution >= 0.6 is 0 Å². The minimum absolute atomic E-state index is 0.530. The van der Waals surface area contributed by atoms with Crippen molar-refractivity contribution in [2.75, 3.05) is 0 Å². The van der Waals surface area contributed by atoms with Crippen LogP contribution < -0.4 is 4.74 Å². The van der Waals surface area contributed by atoms with E-state index in [0.717, 1.165) is 33.5 Å². The third-order valence-electron chi connectivity index (χ3n) is 3.79. The van der Waals surface area contributed by atoms with Gasteiger partial charge in [-0.15, -0.1) is 0 Å². The lowest BCUT2D eigenvalue weighted by Crippen LogP contribution is -1.96. The predicted molar refractivity (Wildman–Crippen MR) is 93.5 cm³/mol. The van der Waals surface area contributed by atoms with Gasteiger partial charge in [0.15, 0.2) is 0 Å². The molecule has 2 aromatic heterocycles. The molecule has 0 radical (unpaired) electrons. The highest BCUT2D eigenvalue weighted by Crippen LogP contribution is 2.28. The maximum Gasteiger partial charge on any atom is 0.120 e. The van der Waals surface area contributed by atoms with Crippen molar-refractivity contribution in [3.63, 3.8) is 0 Å². The van der Waals surface area contributed by atoms with E-state index in [4.69, 9.17) is 4.74 Å². The van der Waals surface area contributed by atoms with Crippen LogP contribution in [0, 0.1) is 0 Å². The second-order valence-corrected chi connectivity index (χ2v) is 5.42. The molecule has 2 heterocycles. The number of hydrogen-bond acceptors (Lipinski definition) is 4. The molecule has 0 fully saturated rings. The summed E-state index contributed by atoms with van der Waals surface area (Å²) >= 11 is 0. The smallest absolute Gasteiger partial charge is 0.120 e. The highest BCUT2D eigenvalue weighted by Gasteiger charge is 2.08. The van der Waals surface area contributed by atoms with Crippen LogP contribution in [0.15, 0.2) is 79.4 Å². The van der Waals surface area contributed by atoms with Gasteiger partial charge in [0.25, 0.3) is 0 Å². The van der Waals surface area contributed by atoms with E-state index in [0.29, 0.717) is 6.61 Å². The molecule has 24 heavy (non-hydrogen) atoms. The standard InChI is InChI=1S/C20H15N3O/c1-2-5-15(6-3-1)13-24-17-8-9-19-18(11-17)20(23-14-22-19)16-7-4-10-21-12-16/h1-12,14H,13H2. The van der Waals surface area contributed by atoms with Gasteiger partial charge in [0.1, 0.15) is 18.7 Å².